The smallest absolute Gasteiger partial charge is 0.241 e. The van der Waals surface area contributed by atoms with Crippen LogP contribution in [0, 0.1) is 0 Å². The third kappa shape index (κ3) is 4.86. The van der Waals surface area contributed by atoms with Crippen LogP contribution in [0.2, 0.25) is 0 Å². The maximum Gasteiger partial charge on any atom is 0.241 e. The summed E-state index contributed by atoms with van der Waals surface area (Å²) in [4.78, 5) is 21.3. The minimum Gasteiger partial charge on any atom is -0.293 e. The van der Waals surface area contributed by atoms with Gasteiger partial charge in [0, 0.05) is 10.9 Å². The lowest BCUT2D eigenvalue weighted by atomic mass is 9.87. The number of thioether (sulfide) groups is 1. The van der Waals surface area contributed by atoms with Gasteiger partial charge in [-0.15, -0.1) is 0 Å². The van der Waals surface area contributed by atoms with Crippen LogP contribution >= 0.6 is 23.3 Å². The molecule has 0 saturated carbocycles. The van der Waals surface area contributed by atoms with Crippen molar-refractivity contribution in [3.63, 3.8) is 0 Å². The lowest BCUT2D eigenvalue weighted by molar-refractivity contribution is -0.113. The van der Waals surface area contributed by atoms with E-state index >= 15 is 0 Å². The molecule has 0 aliphatic carbocycles. The van der Waals surface area contributed by atoms with Crippen LogP contribution in [-0.4, -0.2) is 26.0 Å². The molecule has 0 saturated heterocycles. The number of anilines is 1. The molecule has 152 valence electrons. The van der Waals surface area contributed by atoms with Gasteiger partial charge >= 0.3 is 0 Å². The van der Waals surface area contributed by atoms with E-state index in [2.05, 4.69) is 52.6 Å². The lowest BCUT2D eigenvalue weighted by Gasteiger charge is -2.18. The van der Waals surface area contributed by atoms with Gasteiger partial charge in [-0.25, -0.2) is 4.98 Å². The highest BCUT2D eigenvalue weighted by Gasteiger charge is 2.15. The number of amides is 1. The van der Waals surface area contributed by atoms with Gasteiger partial charge in [0.05, 0.1) is 16.3 Å². The number of fused-ring (bicyclic) bond motifs is 1. The van der Waals surface area contributed by atoms with Gasteiger partial charge in [-0.1, -0.05) is 81.1 Å². The van der Waals surface area contributed by atoms with Crippen LogP contribution in [0.3, 0.4) is 0 Å². The molecule has 4 rings (SSSR count). The van der Waals surface area contributed by atoms with E-state index < -0.39 is 0 Å². The SMILES string of the molecule is CC(C)(C)c1ccc(-c2nc(NC(=O)CSc3ccc4ccccc4n3)ns2)cc1. The van der Waals surface area contributed by atoms with E-state index in [1.807, 2.05) is 48.5 Å². The fourth-order valence-corrected chi connectivity index (χ4v) is 4.24. The maximum atomic E-state index is 12.3. The topological polar surface area (TPSA) is 67.8 Å². The first-order chi connectivity index (χ1) is 14.4. The zero-order chi connectivity index (χ0) is 21.1. The van der Waals surface area contributed by atoms with Gasteiger partial charge in [0.15, 0.2) is 0 Å². The standard InChI is InChI=1S/C23H22N4OS2/c1-23(2,3)17-11-8-16(9-12-17)21-26-22(27-30-21)25-19(28)14-29-20-13-10-15-6-4-5-7-18(15)24-20/h4-13H,14H2,1-3H3,(H,25,27,28). The van der Waals surface area contributed by atoms with E-state index in [4.69, 9.17) is 0 Å². The van der Waals surface area contributed by atoms with Crippen molar-refractivity contribution in [1.82, 2.24) is 14.3 Å². The van der Waals surface area contributed by atoms with Crippen molar-refractivity contribution in [3.05, 3.63) is 66.2 Å². The number of rotatable bonds is 5. The Labute approximate surface area is 184 Å². The number of nitrogens with zero attached hydrogens (tertiary/aromatic N) is 3. The van der Waals surface area contributed by atoms with Crippen molar-refractivity contribution in [3.8, 4) is 10.6 Å². The van der Waals surface area contributed by atoms with Gasteiger partial charge in [0.2, 0.25) is 11.9 Å². The number of pyridine rings is 1. The Hall–Kier alpha value is -2.77. The summed E-state index contributed by atoms with van der Waals surface area (Å²) < 4.78 is 4.27. The molecule has 1 amide bonds. The van der Waals surface area contributed by atoms with Gasteiger partial charge in [-0.3, -0.25) is 10.1 Å². The Morgan fingerprint density at radius 3 is 2.53 bits per heavy atom. The molecule has 0 aliphatic heterocycles. The molecule has 0 radical (unpaired) electrons. The number of hydrogen-bond donors (Lipinski definition) is 1. The molecule has 4 aromatic rings. The second-order valence-corrected chi connectivity index (χ2v) is 9.68. The zero-order valence-electron chi connectivity index (χ0n) is 17.0. The summed E-state index contributed by atoms with van der Waals surface area (Å²) in [5.74, 6) is 0.439. The number of carbonyl (C=O) groups excluding carboxylic acids is 1. The molecule has 0 aliphatic rings. The summed E-state index contributed by atoms with van der Waals surface area (Å²) in [5, 5.41) is 5.46. The van der Waals surface area contributed by atoms with Crippen LogP contribution < -0.4 is 5.32 Å². The highest BCUT2D eigenvalue weighted by Crippen LogP contribution is 2.28. The van der Waals surface area contributed by atoms with Crippen LogP contribution in [0.1, 0.15) is 26.3 Å². The minimum absolute atomic E-state index is 0.107. The number of nitrogens with one attached hydrogen (secondary N) is 1. The first-order valence-electron chi connectivity index (χ1n) is 9.61. The molecule has 2 aromatic heterocycles. The average molecular weight is 435 g/mol. The van der Waals surface area contributed by atoms with Crippen molar-refractivity contribution in [1.29, 1.82) is 0 Å². The summed E-state index contributed by atoms with van der Waals surface area (Å²) in [6.07, 6.45) is 0. The summed E-state index contributed by atoms with van der Waals surface area (Å²) in [5.41, 5.74) is 3.29. The Kier molecular flexibility index (Phi) is 5.83. The van der Waals surface area contributed by atoms with Crippen LogP contribution in [0.15, 0.2) is 65.7 Å². The van der Waals surface area contributed by atoms with Gasteiger partial charge in [0.1, 0.15) is 5.01 Å². The normalized spacial score (nSPS) is 11.6. The Bertz CT molecular complexity index is 1180. The first-order valence-corrected chi connectivity index (χ1v) is 11.4. The average Bonchev–Trinajstić information content (AvgIpc) is 3.20. The summed E-state index contributed by atoms with van der Waals surface area (Å²) in [6, 6.07) is 20.2. The van der Waals surface area contributed by atoms with Gasteiger partial charge in [-0.2, -0.15) is 9.36 Å². The lowest BCUT2D eigenvalue weighted by Crippen LogP contribution is -2.15. The molecule has 0 fully saturated rings. The van der Waals surface area contributed by atoms with E-state index in [-0.39, 0.29) is 17.1 Å². The quantitative estimate of drug-likeness (QED) is 0.403. The monoisotopic (exact) mass is 434 g/mol. The maximum absolute atomic E-state index is 12.3. The fourth-order valence-electron chi connectivity index (χ4n) is 2.93. The van der Waals surface area contributed by atoms with Gasteiger partial charge in [-0.05, 0) is 34.6 Å². The molecule has 0 spiro atoms. The van der Waals surface area contributed by atoms with Crippen LogP contribution in [0.5, 0.6) is 0 Å². The summed E-state index contributed by atoms with van der Waals surface area (Å²) in [6.45, 7) is 6.56. The van der Waals surface area contributed by atoms with E-state index in [9.17, 15) is 4.79 Å². The molecule has 0 unspecified atom stereocenters. The van der Waals surface area contributed by atoms with Gasteiger partial charge in [0.25, 0.3) is 0 Å². The third-order valence-corrected chi connectivity index (χ3v) is 6.29. The molecule has 2 aromatic carbocycles. The van der Waals surface area contributed by atoms with E-state index in [1.54, 1.807) is 0 Å². The molecule has 7 heteroatoms. The summed E-state index contributed by atoms with van der Waals surface area (Å²) in [7, 11) is 0. The highest BCUT2D eigenvalue weighted by molar-refractivity contribution is 7.99. The third-order valence-electron chi connectivity index (χ3n) is 4.60. The number of para-hydroxylation sites is 1. The molecule has 30 heavy (non-hydrogen) atoms. The van der Waals surface area contributed by atoms with Crippen LogP contribution in [0.4, 0.5) is 5.95 Å². The Morgan fingerprint density at radius 1 is 1.00 bits per heavy atom. The number of benzene rings is 2. The Balaban J connectivity index is 1.36. The molecule has 5 nitrogen and oxygen atoms in total. The van der Waals surface area contributed by atoms with Crippen molar-refractivity contribution >= 4 is 46.1 Å². The molecule has 0 bridgehead atoms. The molecule has 2 heterocycles. The van der Waals surface area contributed by atoms with E-state index in [1.165, 1.54) is 28.9 Å². The first kappa shape index (κ1) is 20.5. The molecular formula is C23H22N4OS2. The predicted molar refractivity (Wildman–Crippen MR) is 125 cm³/mol. The Morgan fingerprint density at radius 2 is 1.77 bits per heavy atom. The minimum atomic E-state index is -0.151. The molecular weight excluding hydrogens is 412 g/mol. The van der Waals surface area contributed by atoms with Crippen molar-refractivity contribution < 1.29 is 4.79 Å². The number of carbonyl (C=O) groups is 1. The largest absolute Gasteiger partial charge is 0.293 e. The predicted octanol–water partition coefficient (Wildman–Crippen LogP) is 5.78. The van der Waals surface area contributed by atoms with Gasteiger partial charge < -0.3 is 0 Å². The van der Waals surface area contributed by atoms with Crippen molar-refractivity contribution in [2.24, 2.45) is 0 Å². The van der Waals surface area contributed by atoms with Crippen LogP contribution in [0.25, 0.3) is 21.5 Å². The van der Waals surface area contributed by atoms with Crippen LogP contribution in [-0.2, 0) is 10.2 Å². The second kappa shape index (κ2) is 8.53. The highest BCUT2D eigenvalue weighted by atomic mass is 32.2. The molecule has 1 N–H and O–H groups in total. The van der Waals surface area contributed by atoms with Crippen molar-refractivity contribution in [2.45, 2.75) is 31.2 Å². The van der Waals surface area contributed by atoms with Crippen molar-refractivity contribution in [2.75, 3.05) is 11.1 Å². The number of hydrogen-bond acceptors (Lipinski definition) is 6. The molecule has 0 atom stereocenters. The van der Waals surface area contributed by atoms with E-state index in [0.29, 0.717) is 5.95 Å². The second-order valence-electron chi connectivity index (χ2n) is 7.93. The zero-order valence-corrected chi connectivity index (χ0v) is 18.7. The van der Waals surface area contributed by atoms with E-state index in [0.717, 1.165) is 26.5 Å². The number of aromatic nitrogens is 3. The summed E-state index contributed by atoms with van der Waals surface area (Å²) >= 11 is 2.67. The fraction of sp³-hybridized carbons (Fsp3) is 0.217.